The van der Waals surface area contributed by atoms with Crippen LogP contribution in [-0.4, -0.2) is 31.0 Å². The summed E-state index contributed by atoms with van der Waals surface area (Å²) in [5, 5.41) is 6.12. The first kappa shape index (κ1) is 15.1. The SMILES string of the molecule is CCNC(=O)CSCC(NC)c1ccccc1C. The van der Waals surface area contributed by atoms with Gasteiger partial charge < -0.3 is 10.6 Å². The molecule has 1 unspecified atom stereocenters. The van der Waals surface area contributed by atoms with E-state index in [1.807, 2.05) is 20.0 Å². The van der Waals surface area contributed by atoms with Gasteiger partial charge in [0.15, 0.2) is 0 Å². The molecule has 0 aromatic heterocycles. The maximum absolute atomic E-state index is 11.4. The molecular formula is C14H22N2OS. The van der Waals surface area contributed by atoms with Crippen molar-refractivity contribution in [2.24, 2.45) is 0 Å². The van der Waals surface area contributed by atoms with Gasteiger partial charge in [-0.15, -0.1) is 0 Å². The normalized spacial score (nSPS) is 12.2. The van der Waals surface area contributed by atoms with Crippen molar-refractivity contribution in [1.82, 2.24) is 10.6 Å². The van der Waals surface area contributed by atoms with Gasteiger partial charge in [0.05, 0.1) is 5.75 Å². The van der Waals surface area contributed by atoms with Crippen LogP contribution in [0.2, 0.25) is 0 Å². The molecule has 1 rings (SSSR count). The Kier molecular flexibility index (Phi) is 6.83. The molecule has 0 bridgehead atoms. The molecule has 1 aromatic carbocycles. The molecule has 0 radical (unpaired) electrons. The molecule has 2 N–H and O–H groups in total. The Bertz CT molecular complexity index is 382. The van der Waals surface area contributed by atoms with Crippen LogP contribution in [0, 0.1) is 6.92 Å². The number of hydrogen-bond donors (Lipinski definition) is 2. The Morgan fingerprint density at radius 2 is 2.11 bits per heavy atom. The molecule has 0 aliphatic carbocycles. The highest BCUT2D eigenvalue weighted by Crippen LogP contribution is 2.21. The minimum Gasteiger partial charge on any atom is -0.356 e. The summed E-state index contributed by atoms with van der Waals surface area (Å²) in [6, 6.07) is 8.66. The number of benzene rings is 1. The van der Waals surface area contributed by atoms with Gasteiger partial charge in [-0.1, -0.05) is 24.3 Å². The first-order chi connectivity index (χ1) is 8.69. The number of rotatable bonds is 7. The van der Waals surface area contributed by atoms with Gasteiger partial charge in [0.25, 0.3) is 0 Å². The molecule has 0 saturated heterocycles. The number of nitrogens with one attached hydrogen (secondary N) is 2. The maximum atomic E-state index is 11.4. The van der Waals surface area contributed by atoms with Gasteiger partial charge in [-0.05, 0) is 32.0 Å². The summed E-state index contributed by atoms with van der Waals surface area (Å²) in [5.41, 5.74) is 2.60. The zero-order chi connectivity index (χ0) is 13.4. The van der Waals surface area contributed by atoms with Crippen LogP contribution in [0.5, 0.6) is 0 Å². The molecule has 18 heavy (non-hydrogen) atoms. The van der Waals surface area contributed by atoms with E-state index in [0.29, 0.717) is 18.3 Å². The highest BCUT2D eigenvalue weighted by molar-refractivity contribution is 7.99. The zero-order valence-electron chi connectivity index (χ0n) is 11.3. The Balaban J connectivity index is 2.48. The fraction of sp³-hybridized carbons (Fsp3) is 0.500. The fourth-order valence-electron chi connectivity index (χ4n) is 1.82. The molecule has 0 aliphatic rings. The molecule has 0 fully saturated rings. The molecule has 0 aliphatic heterocycles. The highest BCUT2D eigenvalue weighted by atomic mass is 32.2. The van der Waals surface area contributed by atoms with Gasteiger partial charge in [0.2, 0.25) is 5.91 Å². The number of thioether (sulfide) groups is 1. The Morgan fingerprint density at radius 1 is 1.39 bits per heavy atom. The number of hydrogen-bond acceptors (Lipinski definition) is 3. The van der Waals surface area contributed by atoms with Crippen LogP contribution in [0.4, 0.5) is 0 Å². The average molecular weight is 266 g/mol. The van der Waals surface area contributed by atoms with Crippen molar-refractivity contribution in [1.29, 1.82) is 0 Å². The lowest BCUT2D eigenvalue weighted by Gasteiger charge is -2.18. The van der Waals surface area contributed by atoms with Crippen molar-refractivity contribution in [2.75, 3.05) is 25.1 Å². The van der Waals surface area contributed by atoms with Crippen LogP contribution < -0.4 is 10.6 Å². The molecule has 0 saturated carbocycles. The first-order valence-electron chi connectivity index (χ1n) is 6.26. The van der Waals surface area contributed by atoms with Gasteiger partial charge >= 0.3 is 0 Å². The third kappa shape index (κ3) is 4.70. The summed E-state index contributed by atoms with van der Waals surface area (Å²) in [7, 11) is 1.96. The minimum absolute atomic E-state index is 0.113. The molecule has 0 spiro atoms. The third-order valence-corrected chi connectivity index (χ3v) is 3.84. The zero-order valence-corrected chi connectivity index (χ0v) is 12.1. The van der Waals surface area contributed by atoms with Crippen molar-refractivity contribution < 1.29 is 4.79 Å². The summed E-state index contributed by atoms with van der Waals surface area (Å²) >= 11 is 1.66. The van der Waals surface area contributed by atoms with Crippen molar-refractivity contribution in [3.05, 3.63) is 35.4 Å². The monoisotopic (exact) mass is 266 g/mol. The van der Waals surface area contributed by atoms with E-state index in [1.54, 1.807) is 11.8 Å². The van der Waals surface area contributed by atoms with E-state index in [2.05, 4.69) is 35.8 Å². The second kappa shape index (κ2) is 8.16. The lowest BCUT2D eigenvalue weighted by atomic mass is 10.0. The van der Waals surface area contributed by atoms with E-state index in [0.717, 1.165) is 5.75 Å². The molecule has 0 heterocycles. The second-order valence-electron chi connectivity index (χ2n) is 4.17. The second-order valence-corrected chi connectivity index (χ2v) is 5.20. The van der Waals surface area contributed by atoms with Crippen molar-refractivity contribution in [3.63, 3.8) is 0 Å². The molecule has 100 valence electrons. The first-order valence-corrected chi connectivity index (χ1v) is 7.41. The number of aryl methyl sites for hydroxylation is 1. The van der Waals surface area contributed by atoms with E-state index in [4.69, 9.17) is 0 Å². The van der Waals surface area contributed by atoms with Gasteiger partial charge in [-0.3, -0.25) is 4.79 Å². The summed E-state index contributed by atoms with van der Waals surface area (Å²) in [5.74, 6) is 1.54. The van der Waals surface area contributed by atoms with E-state index < -0.39 is 0 Å². The smallest absolute Gasteiger partial charge is 0.229 e. The fourth-order valence-corrected chi connectivity index (χ4v) is 2.81. The summed E-state index contributed by atoms with van der Waals surface area (Å²) in [6.07, 6.45) is 0. The van der Waals surface area contributed by atoms with Crippen LogP contribution in [0.15, 0.2) is 24.3 Å². The van der Waals surface area contributed by atoms with Gasteiger partial charge in [0.1, 0.15) is 0 Å². The molecular weight excluding hydrogens is 244 g/mol. The van der Waals surface area contributed by atoms with Crippen LogP contribution in [0.25, 0.3) is 0 Å². The standard InChI is InChI=1S/C14H22N2OS/c1-4-16-14(17)10-18-9-13(15-3)12-8-6-5-7-11(12)2/h5-8,13,15H,4,9-10H2,1-3H3,(H,16,17). The summed E-state index contributed by atoms with van der Waals surface area (Å²) in [4.78, 5) is 11.4. The average Bonchev–Trinajstić information content (AvgIpc) is 2.36. The van der Waals surface area contributed by atoms with Gasteiger partial charge in [-0.25, -0.2) is 0 Å². The maximum Gasteiger partial charge on any atom is 0.229 e. The van der Waals surface area contributed by atoms with Crippen LogP contribution in [0.3, 0.4) is 0 Å². The Labute approximate surface area is 114 Å². The highest BCUT2D eigenvalue weighted by Gasteiger charge is 2.12. The van der Waals surface area contributed by atoms with Gasteiger partial charge in [0, 0.05) is 18.3 Å². The predicted octanol–water partition coefficient (Wildman–Crippen LogP) is 2.12. The van der Waals surface area contributed by atoms with Crippen molar-refractivity contribution in [3.8, 4) is 0 Å². The lowest BCUT2D eigenvalue weighted by molar-refractivity contribution is -0.118. The largest absolute Gasteiger partial charge is 0.356 e. The van der Waals surface area contributed by atoms with Crippen molar-refractivity contribution >= 4 is 17.7 Å². The molecule has 1 amide bonds. The Hall–Kier alpha value is -1.00. The number of carbonyl (C=O) groups is 1. The van der Waals surface area contributed by atoms with Gasteiger partial charge in [-0.2, -0.15) is 11.8 Å². The summed E-state index contributed by atoms with van der Waals surface area (Å²) in [6.45, 7) is 4.76. The number of carbonyl (C=O) groups excluding carboxylic acids is 1. The van der Waals surface area contributed by atoms with Crippen LogP contribution in [0.1, 0.15) is 24.1 Å². The van der Waals surface area contributed by atoms with Crippen LogP contribution >= 0.6 is 11.8 Å². The molecule has 1 atom stereocenters. The lowest BCUT2D eigenvalue weighted by Crippen LogP contribution is -2.26. The molecule has 1 aromatic rings. The third-order valence-electron chi connectivity index (χ3n) is 2.80. The molecule has 4 heteroatoms. The van der Waals surface area contributed by atoms with E-state index in [-0.39, 0.29) is 5.91 Å². The van der Waals surface area contributed by atoms with Crippen molar-refractivity contribution in [2.45, 2.75) is 19.9 Å². The molecule has 3 nitrogen and oxygen atoms in total. The predicted molar refractivity (Wildman–Crippen MR) is 79.0 cm³/mol. The summed E-state index contributed by atoms with van der Waals surface area (Å²) < 4.78 is 0. The Morgan fingerprint density at radius 3 is 2.72 bits per heavy atom. The van der Waals surface area contributed by atoms with E-state index in [9.17, 15) is 4.79 Å². The quantitative estimate of drug-likeness (QED) is 0.794. The number of amides is 1. The van der Waals surface area contributed by atoms with Crippen LogP contribution in [-0.2, 0) is 4.79 Å². The topological polar surface area (TPSA) is 41.1 Å². The van der Waals surface area contributed by atoms with E-state index in [1.165, 1.54) is 11.1 Å². The van der Waals surface area contributed by atoms with E-state index >= 15 is 0 Å². The minimum atomic E-state index is 0.113.